The predicted octanol–water partition coefficient (Wildman–Crippen LogP) is 6.90. The van der Waals surface area contributed by atoms with Crippen LogP contribution in [0, 0.1) is 0 Å². The molecule has 0 bridgehead atoms. The highest BCUT2D eigenvalue weighted by Crippen LogP contribution is 2.19. The number of hydrogen-bond donors (Lipinski definition) is 0. The molecule has 0 amide bonds. The van der Waals surface area contributed by atoms with Crippen LogP contribution in [0.25, 0.3) is 0 Å². The molecule has 0 aliphatic carbocycles. The number of unbranched alkanes of at least 4 members (excludes halogenated alkanes) is 8. The first kappa shape index (κ1) is 24.9. The Hall–Kier alpha value is -0.136. The van der Waals surface area contributed by atoms with Gasteiger partial charge in [-0.1, -0.05) is 64.7 Å². The average molecular weight is 389 g/mol. The fourth-order valence-electron chi connectivity index (χ4n) is 2.95. The Kier molecular flexibility index (Phi) is 13.0. The summed E-state index contributed by atoms with van der Waals surface area (Å²) in [5.74, 6) is -0.0710. The van der Waals surface area contributed by atoms with Crippen molar-refractivity contribution in [2.75, 3.05) is 0 Å². The van der Waals surface area contributed by atoms with Gasteiger partial charge < -0.3 is 8.85 Å². The molecular formula is C20H44O3Si2. The SMILES string of the molecule is CCCCCCCCCCCC(CC(=O)O[Si](C)(C)C)O[Si](C)(C)C. The summed E-state index contributed by atoms with van der Waals surface area (Å²) < 4.78 is 11.9. The van der Waals surface area contributed by atoms with Gasteiger partial charge in [-0.25, -0.2) is 0 Å². The highest BCUT2D eigenvalue weighted by molar-refractivity contribution is 6.71. The van der Waals surface area contributed by atoms with E-state index >= 15 is 0 Å². The zero-order valence-corrected chi connectivity index (χ0v) is 20.1. The topological polar surface area (TPSA) is 35.5 Å². The summed E-state index contributed by atoms with van der Waals surface area (Å²) in [5, 5.41) is 0. The Balaban J connectivity index is 4.06. The lowest BCUT2D eigenvalue weighted by Gasteiger charge is -2.27. The van der Waals surface area contributed by atoms with Gasteiger partial charge in [0.05, 0.1) is 12.5 Å². The van der Waals surface area contributed by atoms with Crippen LogP contribution >= 0.6 is 0 Å². The molecule has 3 nitrogen and oxygen atoms in total. The zero-order valence-electron chi connectivity index (χ0n) is 18.1. The van der Waals surface area contributed by atoms with E-state index in [1.165, 1.54) is 51.4 Å². The van der Waals surface area contributed by atoms with Gasteiger partial charge in [-0.15, -0.1) is 0 Å². The van der Waals surface area contributed by atoms with Crippen molar-refractivity contribution < 1.29 is 13.6 Å². The van der Waals surface area contributed by atoms with Gasteiger partial charge in [0.1, 0.15) is 0 Å². The predicted molar refractivity (Wildman–Crippen MR) is 114 cm³/mol. The monoisotopic (exact) mass is 388 g/mol. The summed E-state index contributed by atoms with van der Waals surface area (Å²) >= 11 is 0. The number of carbonyl (C=O) groups is 1. The van der Waals surface area contributed by atoms with Gasteiger partial charge >= 0.3 is 0 Å². The summed E-state index contributed by atoms with van der Waals surface area (Å²) in [5.41, 5.74) is 0. The minimum Gasteiger partial charge on any atom is -0.520 e. The number of carbonyl (C=O) groups excluding carboxylic acids is 1. The van der Waals surface area contributed by atoms with Crippen LogP contribution in [0.3, 0.4) is 0 Å². The molecule has 25 heavy (non-hydrogen) atoms. The molecular weight excluding hydrogens is 344 g/mol. The van der Waals surface area contributed by atoms with Gasteiger partial charge in [-0.05, 0) is 45.7 Å². The molecule has 5 heteroatoms. The second-order valence-electron chi connectivity index (χ2n) is 9.26. The Morgan fingerprint density at radius 3 is 1.68 bits per heavy atom. The van der Waals surface area contributed by atoms with E-state index in [0.29, 0.717) is 6.42 Å². The lowest BCUT2D eigenvalue weighted by Crippen LogP contribution is -2.36. The fraction of sp³-hybridized carbons (Fsp3) is 0.950. The molecule has 0 aromatic carbocycles. The van der Waals surface area contributed by atoms with E-state index in [9.17, 15) is 4.79 Å². The quantitative estimate of drug-likeness (QED) is 0.226. The molecule has 0 radical (unpaired) electrons. The summed E-state index contributed by atoms with van der Waals surface area (Å²) in [6.45, 7) is 15.0. The molecule has 0 aromatic rings. The number of rotatable bonds is 15. The second-order valence-corrected chi connectivity index (χ2v) is 18.1. The Bertz CT molecular complexity index is 346. The molecule has 1 atom stereocenters. The fourth-order valence-corrected chi connectivity index (χ4v) is 4.92. The highest BCUT2D eigenvalue weighted by atomic mass is 28.4. The van der Waals surface area contributed by atoms with E-state index in [-0.39, 0.29) is 12.1 Å². The normalized spacial score (nSPS) is 13.7. The molecule has 0 rings (SSSR count). The van der Waals surface area contributed by atoms with E-state index < -0.39 is 16.6 Å². The van der Waals surface area contributed by atoms with E-state index in [2.05, 4.69) is 46.2 Å². The first-order valence-corrected chi connectivity index (χ1v) is 17.2. The maximum atomic E-state index is 12.2. The van der Waals surface area contributed by atoms with Crippen LogP contribution in [0.1, 0.15) is 77.6 Å². The summed E-state index contributed by atoms with van der Waals surface area (Å²) in [4.78, 5) is 12.2. The largest absolute Gasteiger partial charge is 0.520 e. The second kappa shape index (κ2) is 13.1. The lowest BCUT2D eigenvalue weighted by molar-refractivity contribution is -0.137. The Labute approximate surface area is 159 Å². The Morgan fingerprint density at radius 2 is 1.24 bits per heavy atom. The van der Waals surface area contributed by atoms with Crippen molar-refractivity contribution in [2.45, 2.75) is 123 Å². The molecule has 0 spiro atoms. The van der Waals surface area contributed by atoms with Gasteiger partial charge in [0, 0.05) is 0 Å². The van der Waals surface area contributed by atoms with Crippen LogP contribution in [0.4, 0.5) is 0 Å². The average Bonchev–Trinajstić information content (AvgIpc) is 2.41. The van der Waals surface area contributed by atoms with Gasteiger partial charge in [0.2, 0.25) is 8.32 Å². The molecule has 0 N–H and O–H groups in total. The summed E-state index contributed by atoms with van der Waals surface area (Å²) in [7, 11) is -3.44. The van der Waals surface area contributed by atoms with Crippen molar-refractivity contribution in [2.24, 2.45) is 0 Å². The van der Waals surface area contributed by atoms with Gasteiger partial charge in [0.15, 0.2) is 8.32 Å². The van der Waals surface area contributed by atoms with Gasteiger partial charge in [-0.3, -0.25) is 4.79 Å². The molecule has 0 saturated carbocycles. The molecule has 150 valence electrons. The molecule has 0 aliphatic heterocycles. The maximum absolute atomic E-state index is 12.2. The summed E-state index contributed by atoms with van der Waals surface area (Å²) in [6, 6.07) is 0. The van der Waals surface area contributed by atoms with Crippen molar-refractivity contribution in [3.05, 3.63) is 0 Å². The number of hydrogen-bond acceptors (Lipinski definition) is 3. The first-order chi connectivity index (χ1) is 11.5. The van der Waals surface area contributed by atoms with Crippen molar-refractivity contribution in [3.8, 4) is 0 Å². The molecule has 0 saturated heterocycles. The Morgan fingerprint density at radius 1 is 0.760 bits per heavy atom. The molecule has 0 heterocycles. The first-order valence-electron chi connectivity index (χ1n) is 10.4. The van der Waals surface area contributed by atoms with Crippen molar-refractivity contribution in [3.63, 3.8) is 0 Å². The third-order valence-electron chi connectivity index (χ3n) is 3.96. The maximum Gasteiger partial charge on any atom is 0.295 e. The van der Waals surface area contributed by atoms with E-state index in [1.807, 2.05) is 0 Å². The van der Waals surface area contributed by atoms with Crippen LogP contribution in [-0.4, -0.2) is 28.7 Å². The molecule has 0 fully saturated rings. The van der Waals surface area contributed by atoms with Crippen molar-refractivity contribution >= 4 is 22.6 Å². The third kappa shape index (κ3) is 18.5. The minimum atomic E-state index is -1.80. The zero-order chi connectivity index (χ0) is 19.3. The smallest absolute Gasteiger partial charge is 0.295 e. The minimum absolute atomic E-state index is 0.0417. The van der Waals surface area contributed by atoms with Crippen LogP contribution in [0.2, 0.25) is 39.3 Å². The van der Waals surface area contributed by atoms with Gasteiger partial charge in [0.25, 0.3) is 5.97 Å². The van der Waals surface area contributed by atoms with Gasteiger partial charge in [-0.2, -0.15) is 0 Å². The lowest BCUT2D eigenvalue weighted by atomic mass is 10.0. The van der Waals surface area contributed by atoms with Crippen LogP contribution < -0.4 is 0 Å². The van der Waals surface area contributed by atoms with E-state index in [1.54, 1.807) is 0 Å². The van der Waals surface area contributed by atoms with Crippen LogP contribution in [0.15, 0.2) is 0 Å². The van der Waals surface area contributed by atoms with Crippen molar-refractivity contribution in [1.82, 2.24) is 0 Å². The van der Waals surface area contributed by atoms with Crippen molar-refractivity contribution in [1.29, 1.82) is 0 Å². The van der Waals surface area contributed by atoms with E-state index in [0.717, 1.165) is 12.8 Å². The molecule has 0 aliphatic rings. The standard InChI is InChI=1S/C20H44O3Si2/c1-8-9-10-11-12-13-14-15-16-17-19(22-24(2,3)4)18-20(21)23-25(5,6)7/h19H,8-18H2,1-7H3. The summed E-state index contributed by atoms with van der Waals surface area (Å²) in [6.07, 6.45) is 13.4. The highest BCUT2D eigenvalue weighted by Gasteiger charge is 2.26. The van der Waals surface area contributed by atoms with Crippen LogP contribution in [0.5, 0.6) is 0 Å². The molecule has 0 aromatic heterocycles. The molecule has 1 unspecified atom stereocenters. The van der Waals surface area contributed by atoms with E-state index in [4.69, 9.17) is 8.85 Å². The van der Waals surface area contributed by atoms with Crippen LogP contribution in [-0.2, 0) is 13.6 Å². The third-order valence-corrected chi connectivity index (χ3v) is 5.84.